The first-order valence-electron chi connectivity index (χ1n) is 4.42. The van der Waals surface area contributed by atoms with E-state index in [2.05, 4.69) is 4.90 Å². The minimum absolute atomic E-state index is 0.275. The molecule has 1 aliphatic heterocycles. The van der Waals surface area contributed by atoms with Crippen LogP contribution < -0.4 is 0 Å². The molecule has 0 aromatic rings. The zero-order chi connectivity index (χ0) is 9.52. The first kappa shape index (κ1) is 10.2. The van der Waals surface area contributed by atoms with Gasteiger partial charge in [0.2, 0.25) is 0 Å². The summed E-state index contributed by atoms with van der Waals surface area (Å²) in [7, 11) is 0. The van der Waals surface area contributed by atoms with E-state index in [0.29, 0.717) is 13.3 Å². The monoisotopic (exact) mass is 185 g/mol. The fourth-order valence-corrected chi connectivity index (χ4v) is 1.09. The van der Waals surface area contributed by atoms with Gasteiger partial charge in [-0.05, 0) is 6.92 Å². The number of allylic oxidation sites excluding steroid dienone is 1. The second-order valence-corrected chi connectivity index (χ2v) is 2.82. The van der Waals surface area contributed by atoms with E-state index in [4.69, 9.17) is 9.47 Å². The number of rotatable bonds is 4. The molecule has 0 saturated carbocycles. The number of nitrogens with zero attached hydrogens (tertiary/aromatic N) is 1. The van der Waals surface area contributed by atoms with E-state index in [1.54, 1.807) is 13.0 Å². The zero-order valence-corrected chi connectivity index (χ0v) is 7.86. The maximum Gasteiger partial charge on any atom is 0.330 e. The van der Waals surface area contributed by atoms with E-state index in [1.807, 2.05) is 0 Å². The predicted octanol–water partition coefficient (Wildman–Crippen LogP) is 0.395. The van der Waals surface area contributed by atoms with Gasteiger partial charge in [-0.25, -0.2) is 4.79 Å². The minimum atomic E-state index is -0.275. The third-order valence-electron chi connectivity index (χ3n) is 1.78. The molecule has 0 spiro atoms. The molecule has 4 heteroatoms. The Hall–Kier alpha value is -0.870. The third kappa shape index (κ3) is 4.05. The van der Waals surface area contributed by atoms with Crippen LogP contribution in [0.4, 0.5) is 0 Å². The standard InChI is InChI=1S/C9H15NO3/c1-2-3-9(11)13-7-5-10-4-6-12-8-10/h2-3H,4-8H2,1H3. The van der Waals surface area contributed by atoms with E-state index in [9.17, 15) is 4.79 Å². The number of esters is 1. The van der Waals surface area contributed by atoms with Crippen molar-refractivity contribution in [3.8, 4) is 0 Å². The lowest BCUT2D eigenvalue weighted by atomic mass is 10.5. The SMILES string of the molecule is CC=CC(=O)OCCN1CCOC1. The fourth-order valence-electron chi connectivity index (χ4n) is 1.09. The van der Waals surface area contributed by atoms with Crippen molar-refractivity contribution in [3.63, 3.8) is 0 Å². The Morgan fingerprint density at radius 3 is 3.15 bits per heavy atom. The molecule has 0 bridgehead atoms. The Bertz CT molecular complexity index is 185. The maximum absolute atomic E-state index is 10.9. The molecular formula is C9H15NO3. The van der Waals surface area contributed by atoms with E-state index < -0.39 is 0 Å². The Morgan fingerprint density at radius 2 is 2.54 bits per heavy atom. The average Bonchev–Trinajstić information content (AvgIpc) is 2.57. The molecule has 0 aromatic heterocycles. The van der Waals surface area contributed by atoms with Crippen LogP contribution in [0.5, 0.6) is 0 Å². The molecule has 0 radical (unpaired) electrons. The highest BCUT2D eigenvalue weighted by Crippen LogP contribution is 1.97. The highest BCUT2D eigenvalue weighted by atomic mass is 16.5. The van der Waals surface area contributed by atoms with Gasteiger partial charge in [-0.1, -0.05) is 6.08 Å². The van der Waals surface area contributed by atoms with Crippen LogP contribution in [-0.2, 0) is 14.3 Å². The van der Waals surface area contributed by atoms with Gasteiger partial charge in [0.15, 0.2) is 0 Å². The third-order valence-corrected chi connectivity index (χ3v) is 1.78. The van der Waals surface area contributed by atoms with Crippen LogP contribution in [-0.4, -0.2) is 43.9 Å². The van der Waals surface area contributed by atoms with Gasteiger partial charge < -0.3 is 9.47 Å². The van der Waals surface area contributed by atoms with Crippen molar-refractivity contribution in [2.45, 2.75) is 6.92 Å². The Kier molecular flexibility index (Phi) is 4.49. The van der Waals surface area contributed by atoms with Crippen molar-refractivity contribution in [3.05, 3.63) is 12.2 Å². The Morgan fingerprint density at radius 1 is 1.69 bits per heavy atom. The van der Waals surface area contributed by atoms with Crippen molar-refractivity contribution in [2.75, 3.05) is 33.0 Å². The summed E-state index contributed by atoms with van der Waals surface area (Å²) in [6, 6.07) is 0. The van der Waals surface area contributed by atoms with Crippen molar-refractivity contribution in [1.82, 2.24) is 4.90 Å². The highest BCUT2D eigenvalue weighted by Gasteiger charge is 2.11. The second kappa shape index (κ2) is 5.72. The van der Waals surface area contributed by atoms with E-state index in [-0.39, 0.29) is 5.97 Å². The summed E-state index contributed by atoms with van der Waals surface area (Å²) < 4.78 is 10.1. The molecule has 4 nitrogen and oxygen atoms in total. The summed E-state index contributed by atoms with van der Waals surface area (Å²) in [5, 5.41) is 0. The Balaban J connectivity index is 2.02. The van der Waals surface area contributed by atoms with Gasteiger partial charge >= 0.3 is 5.97 Å². The van der Waals surface area contributed by atoms with Crippen LogP contribution in [0.25, 0.3) is 0 Å². The average molecular weight is 185 g/mol. The summed E-state index contributed by atoms with van der Waals surface area (Å²) >= 11 is 0. The smallest absolute Gasteiger partial charge is 0.330 e. The van der Waals surface area contributed by atoms with E-state index in [1.165, 1.54) is 6.08 Å². The van der Waals surface area contributed by atoms with Crippen LogP contribution >= 0.6 is 0 Å². The maximum atomic E-state index is 10.9. The van der Waals surface area contributed by atoms with E-state index >= 15 is 0 Å². The van der Waals surface area contributed by atoms with Crippen LogP contribution in [0, 0.1) is 0 Å². The molecule has 0 amide bonds. The zero-order valence-electron chi connectivity index (χ0n) is 7.86. The molecule has 1 heterocycles. The molecule has 1 fully saturated rings. The lowest BCUT2D eigenvalue weighted by Gasteiger charge is -2.11. The van der Waals surface area contributed by atoms with Gasteiger partial charge in [0.25, 0.3) is 0 Å². The van der Waals surface area contributed by atoms with E-state index in [0.717, 1.165) is 19.7 Å². The molecule has 1 saturated heterocycles. The quantitative estimate of drug-likeness (QED) is 0.469. The molecule has 74 valence electrons. The van der Waals surface area contributed by atoms with Crippen LogP contribution in [0.2, 0.25) is 0 Å². The molecule has 1 rings (SSSR count). The summed E-state index contributed by atoms with van der Waals surface area (Å²) in [4.78, 5) is 13.0. The van der Waals surface area contributed by atoms with Gasteiger partial charge in [-0.15, -0.1) is 0 Å². The number of ether oxygens (including phenoxy) is 2. The summed E-state index contributed by atoms with van der Waals surface area (Å²) in [5.41, 5.74) is 0. The number of hydrogen-bond donors (Lipinski definition) is 0. The summed E-state index contributed by atoms with van der Waals surface area (Å²) in [6.45, 7) is 5.34. The minimum Gasteiger partial charge on any atom is -0.461 e. The molecule has 1 aliphatic rings. The first-order chi connectivity index (χ1) is 6.33. The lowest BCUT2D eigenvalue weighted by molar-refractivity contribution is -0.138. The first-order valence-corrected chi connectivity index (χ1v) is 4.42. The van der Waals surface area contributed by atoms with Gasteiger partial charge in [-0.3, -0.25) is 4.90 Å². The van der Waals surface area contributed by atoms with Crippen molar-refractivity contribution in [1.29, 1.82) is 0 Å². The molecule has 0 atom stereocenters. The van der Waals surface area contributed by atoms with Crippen molar-refractivity contribution < 1.29 is 14.3 Å². The van der Waals surface area contributed by atoms with Crippen LogP contribution in [0.1, 0.15) is 6.92 Å². The molecule has 0 N–H and O–H groups in total. The molecule has 0 aromatic carbocycles. The molecular weight excluding hydrogens is 170 g/mol. The second-order valence-electron chi connectivity index (χ2n) is 2.82. The van der Waals surface area contributed by atoms with Gasteiger partial charge in [0.05, 0.1) is 13.3 Å². The molecule has 0 aliphatic carbocycles. The molecule has 0 unspecified atom stereocenters. The highest BCUT2D eigenvalue weighted by molar-refractivity contribution is 5.81. The molecule has 13 heavy (non-hydrogen) atoms. The number of hydrogen-bond acceptors (Lipinski definition) is 4. The van der Waals surface area contributed by atoms with Gasteiger partial charge in [-0.2, -0.15) is 0 Å². The van der Waals surface area contributed by atoms with Crippen LogP contribution in [0.15, 0.2) is 12.2 Å². The van der Waals surface area contributed by atoms with Crippen molar-refractivity contribution in [2.24, 2.45) is 0 Å². The van der Waals surface area contributed by atoms with Crippen molar-refractivity contribution >= 4 is 5.97 Å². The fraction of sp³-hybridized carbons (Fsp3) is 0.667. The number of carbonyl (C=O) groups excluding carboxylic acids is 1. The van der Waals surface area contributed by atoms with Gasteiger partial charge in [0.1, 0.15) is 6.61 Å². The van der Waals surface area contributed by atoms with Gasteiger partial charge in [0, 0.05) is 19.2 Å². The normalized spacial score (nSPS) is 18.2. The summed E-state index contributed by atoms with van der Waals surface area (Å²) in [5.74, 6) is -0.275. The number of carbonyl (C=O) groups is 1. The largest absolute Gasteiger partial charge is 0.461 e. The Labute approximate surface area is 78.1 Å². The summed E-state index contributed by atoms with van der Waals surface area (Å²) in [6.07, 6.45) is 3.09. The van der Waals surface area contributed by atoms with Crippen LogP contribution in [0.3, 0.4) is 0 Å². The predicted molar refractivity (Wildman–Crippen MR) is 48.2 cm³/mol. The topological polar surface area (TPSA) is 38.8 Å². The lowest BCUT2D eigenvalue weighted by Crippen LogP contribution is -2.25.